The number of fused-ring (bicyclic) bond motifs is 1. The van der Waals surface area contributed by atoms with Crippen molar-refractivity contribution in [2.24, 2.45) is 11.3 Å². The van der Waals surface area contributed by atoms with Crippen molar-refractivity contribution in [3.63, 3.8) is 0 Å². The van der Waals surface area contributed by atoms with Crippen LogP contribution in [0, 0.1) is 11.3 Å². The SMILES string of the molecule is CC(C)(C)C1CCN(Cc2ccc3c(c2)NCC3)CC1. The molecule has 3 rings (SSSR count). The summed E-state index contributed by atoms with van der Waals surface area (Å²) in [5.41, 5.74) is 4.79. The lowest BCUT2D eigenvalue weighted by Gasteiger charge is -2.38. The molecule has 2 heteroatoms. The van der Waals surface area contributed by atoms with E-state index in [-0.39, 0.29) is 0 Å². The summed E-state index contributed by atoms with van der Waals surface area (Å²) < 4.78 is 0. The first kappa shape index (κ1) is 13.9. The summed E-state index contributed by atoms with van der Waals surface area (Å²) in [5.74, 6) is 0.889. The average molecular weight is 272 g/mol. The van der Waals surface area contributed by atoms with Crippen LogP contribution in [-0.4, -0.2) is 24.5 Å². The van der Waals surface area contributed by atoms with Crippen molar-refractivity contribution in [1.29, 1.82) is 0 Å². The molecule has 0 bridgehead atoms. The zero-order valence-electron chi connectivity index (χ0n) is 13.2. The molecular formula is C18H28N2. The van der Waals surface area contributed by atoms with E-state index < -0.39 is 0 Å². The van der Waals surface area contributed by atoms with Gasteiger partial charge in [-0.15, -0.1) is 0 Å². The summed E-state index contributed by atoms with van der Waals surface area (Å²) in [4.78, 5) is 2.62. The molecule has 1 saturated heterocycles. The Hall–Kier alpha value is -1.02. The quantitative estimate of drug-likeness (QED) is 0.878. The third kappa shape index (κ3) is 3.01. The van der Waals surface area contributed by atoms with Gasteiger partial charge in [0, 0.05) is 18.8 Å². The van der Waals surface area contributed by atoms with Crippen LogP contribution in [-0.2, 0) is 13.0 Å². The summed E-state index contributed by atoms with van der Waals surface area (Å²) in [6.07, 6.45) is 3.89. The molecule has 1 N–H and O–H groups in total. The number of piperidine rings is 1. The normalized spacial score (nSPS) is 20.8. The van der Waals surface area contributed by atoms with Gasteiger partial charge >= 0.3 is 0 Å². The third-order valence-electron chi connectivity index (χ3n) is 5.10. The van der Waals surface area contributed by atoms with E-state index >= 15 is 0 Å². The van der Waals surface area contributed by atoms with E-state index in [1.54, 1.807) is 0 Å². The van der Waals surface area contributed by atoms with Crippen LogP contribution in [0.2, 0.25) is 0 Å². The highest BCUT2D eigenvalue weighted by molar-refractivity contribution is 5.57. The van der Waals surface area contributed by atoms with Crippen molar-refractivity contribution >= 4 is 5.69 Å². The third-order valence-corrected chi connectivity index (χ3v) is 5.10. The number of hydrogen-bond donors (Lipinski definition) is 1. The number of nitrogens with one attached hydrogen (secondary N) is 1. The zero-order chi connectivity index (χ0) is 14.2. The first-order chi connectivity index (χ1) is 9.52. The van der Waals surface area contributed by atoms with Gasteiger partial charge in [0.2, 0.25) is 0 Å². The van der Waals surface area contributed by atoms with Gasteiger partial charge in [-0.3, -0.25) is 4.90 Å². The van der Waals surface area contributed by atoms with Crippen molar-refractivity contribution in [3.05, 3.63) is 29.3 Å². The maximum atomic E-state index is 3.49. The molecule has 2 heterocycles. The van der Waals surface area contributed by atoms with Gasteiger partial charge in [0.05, 0.1) is 0 Å². The number of likely N-dealkylation sites (tertiary alicyclic amines) is 1. The monoisotopic (exact) mass is 272 g/mol. The van der Waals surface area contributed by atoms with Crippen LogP contribution in [0.4, 0.5) is 5.69 Å². The van der Waals surface area contributed by atoms with Gasteiger partial charge in [-0.1, -0.05) is 32.9 Å². The largest absolute Gasteiger partial charge is 0.384 e. The fourth-order valence-electron chi connectivity index (χ4n) is 3.65. The number of nitrogens with zero attached hydrogens (tertiary/aromatic N) is 1. The van der Waals surface area contributed by atoms with E-state index in [0.717, 1.165) is 19.0 Å². The molecule has 1 aromatic rings. The molecule has 1 aromatic carbocycles. The van der Waals surface area contributed by atoms with Crippen molar-refractivity contribution in [2.75, 3.05) is 25.0 Å². The Labute approximate surface area is 123 Å². The van der Waals surface area contributed by atoms with Crippen LogP contribution in [0.25, 0.3) is 0 Å². The van der Waals surface area contributed by atoms with Gasteiger partial charge in [0.1, 0.15) is 0 Å². The van der Waals surface area contributed by atoms with Crippen LogP contribution in [0.15, 0.2) is 18.2 Å². The minimum atomic E-state index is 0.476. The number of anilines is 1. The number of rotatable bonds is 2. The van der Waals surface area contributed by atoms with Crippen LogP contribution < -0.4 is 5.32 Å². The molecule has 0 aromatic heterocycles. The van der Waals surface area contributed by atoms with Gasteiger partial charge in [0.25, 0.3) is 0 Å². The summed E-state index contributed by atoms with van der Waals surface area (Å²) in [6, 6.07) is 6.99. The van der Waals surface area contributed by atoms with E-state index in [9.17, 15) is 0 Å². The zero-order valence-corrected chi connectivity index (χ0v) is 13.2. The van der Waals surface area contributed by atoms with Gasteiger partial charge in [-0.2, -0.15) is 0 Å². The molecule has 0 aliphatic carbocycles. The predicted molar refractivity (Wildman–Crippen MR) is 86.1 cm³/mol. The van der Waals surface area contributed by atoms with Crippen LogP contribution in [0.1, 0.15) is 44.7 Å². The highest BCUT2D eigenvalue weighted by Crippen LogP contribution is 2.34. The molecule has 0 saturated carbocycles. The summed E-state index contributed by atoms with van der Waals surface area (Å²) >= 11 is 0. The lowest BCUT2D eigenvalue weighted by atomic mass is 9.75. The molecule has 0 spiro atoms. The van der Waals surface area contributed by atoms with Gasteiger partial charge in [0.15, 0.2) is 0 Å². The minimum absolute atomic E-state index is 0.476. The summed E-state index contributed by atoms with van der Waals surface area (Å²) in [7, 11) is 0. The molecule has 20 heavy (non-hydrogen) atoms. The lowest BCUT2D eigenvalue weighted by Crippen LogP contribution is -2.37. The molecule has 0 radical (unpaired) electrons. The molecule has 110 valence electrons. The molecule has 2 nitrogen and oxygen atoms in total. The first-order valence-electron chi connectivity index (χ1n) is 8.10. The molecule has 1 fully saturated rings. The van der Waals surface area contributed by atoms with E-state index in [1.165, 1.54) is 49.2 Å². The summed E-state index contributed by atoms with van der Waals surface area (Å²) in [5, 5.41) is 3.49. The van der Waals surface area contributed by atoms with E-state index in [0.29, 0.717) is 5.41 Å². The smallest absolute Gasteiger partial charge is 0.0376 e. The average Bonchev–Trinajstić information content (AvgIpc) is 2.86. The second kappa shape index (κ2) is 5.40. The second-order valence-corrected chi connectivity index (χ2v) is 7.58. The summed E-state index contributed by atoms with van der Waals surface area (Å²) in [6.45, 7) is 11.9. The number of hydrogen-bond acceptors (Lipinski definition) is 2. The van der Waals surface area contributed by atoms with Crippen molar-refractivity contribution in [3.8, 4) is 0 Å². The van der Waals surface area contributed by atoms with Gasteiger partial charge in [-0.25, -0.2) is 0 Å². The molecule has 2 aliphatic heterocycles. The Bertz CT molecular complexity index is 465. The Morgan fingerprint density at radius 1 is 1.20 bits per heavy atom. The van der Waals surface area contributed by atoms with E-state index in [2.05, 4.69) is 49.2 Å². The molecule has 0 atom stereocenters. The topological polar surface area (TPSA) is 15.3 Å². The van der Waals surface area contributed by atoms with Crippen LogP contribution in [0.5, 0.6) is 0 Å². The van der Waals surface area contributed by atoms with Gasteiger partial charge < -0.3 is 5.32 Å². The fraction of sp³-hybridized carbons (Fsp3) is 0.667. The van der Waals surface area contributed by atoms with Crippen molar-refractivity contribution < 1.29 is 0 Å². The fourth-order valence-corrected chi connectivity index (χ4v) is 3.65. The molecular weight excluding hydrogens is 244 g/mol. The second-order valence-electron chi connectivity index (χ2n) is 7.58. The maximum absolute atomic E-state index is 3.49. The Balaban J connectivity index is 1.57. The lowest BCUT2D eigenvalue weighted by molar-refractivity contribution is 0.108. The maximum Gasteiger partial charge on any atom is 0.0376 e. The van der Waals surface area contributed by atoms with Crippen molar-refractivity contribution in [1.82, 2.24) is 4.90 Å². The molecule has 0 amide bonds. The Morgan fingerprint density at radius 2 is 1.95 bits per heavy atom. The van der Waals surface area contributed by atoms with E-state index in [4.69, 9.17) is 0 Å². The highest BCUT2D eigenvalue weighted by atomic mass is 15.1. The van der Waals surface area contributed by atoms with Crippen molar-refractivity contribution in [2.45, 2.75) is 46.6 Å². The van der Waals surface area contributed by atoms with Crippen LogP contribution in [0.3, 0.4) is 0 Å². The van der Waals surface area contributed by atoms with Gasteiger partial charge in [-0.05, 0) is 60.9 Å². The first-order valence-corrected chi connectivity index (χ1v) is 8.10. The number of benzene rings is 1. The minimum Gasteiger partial charge on any atom is -0.384 e. The predicted octanol–water partition coefficient (Wildman–Crippen LogP) is 3.91. The Kier molecular flexibility index (Phi) is 3.76. The Morgan fingerprint density at radius 3 is 2.65 bits per heavy atom. The van der Waals surface area contributed by atoms with E-state index in [1.807, 2.05) is 0 Å². The van der Waals surface area contributed by atoms with Crippen LogP contribution >= 0.6 is 0 Å². The molecule has 0 unspecified atom stereocenters. The molecule has 2 aliphatic rings. The standard InChI is InChI=1S/C18H28N2/c1-18(2,3)16-7-10-20(11-8-16)13-14-4-5-15-6-9-19-17(15)12-14/h4-5,12,16,19H,6-11,13H2,1-3H3. The highest BCUT2D eigenvalue weighted by Gasteiger charge is 2.28.